The normalized spacial score (nSPS) is 32.3. The molecule has 0 aromatic rings. The van der Waals surface area contributed by atoms with Gasteiger partial charge in [0.2, 0.25) is 0 Å². The first-order chi connectivity index (χ1) is 8.74. The molecule has 2 heteroatoms. The van der Waals surface area contributed by atoms with Gasteiger partial charge in [-0.2, -0.15) is 0 Å². The molecule has 0 bridgehead atoms. The maximum atomic E-state index is 3.81. The molecule has 0 spiro atoms. The molecule has 106 valence electrons. The highest BCUT2D eigenvalue weighted by atomic mass is 15.1. The van der Waals surface area contributed by atoms with Gasteiger partial charge in [0.05, 0.1) is 0 Å². The lowest BCUT2D eigenvalue weighted by molar-refractivity contribution is 0.193. The number of piperidine rings is 1. The SMILES string of the molecule is CC1CCCC(NCC(C)CN2CCCCC2)C1. The minimum absolute atomic E-state index is 0.803. The van der Waals surface area contributed by atoms with E-state index < -0.39 is 0 Å². The van der Waals surface area contributed by atoms with Gasteiger partial charge in [0.15, 0.2) is 0 Å². The standard InChI is InChI=1S/C16H32N2/c1-14-7-6-8-16(11-14)17-12-15(2)13-18-9-4-3-5-10-18/h14-17H,3-13H2,1-2H3. The van der Waals surface area contributed by atoms with E-state index in [2.05, 4.69) is 24.1 Å². The summed E-state index contributed by atoms with van der Waals surface area (Å²) in [6.45, 7) is 10.0. The van der Waals surface area contributed by atoms with E-state index in [0.717, 1.165) is 17.9 Å². The molecule has 0 aromatic heterocycles. The first-order valence-corrected chi connectivity index (χ1v) is 8.20. The van der Waals surface area contributed by atoms with Gasteiger partial charge in [-0.05, 0) is 57.2 Å². The van der Waals surface area contributed by atoms with Gasteiger partial charge in [-0.25, -0.2) is 0 Å². The van der Waals surface area contributed by atoms with Crippen LogP contribution in [0.5, 0.6) is 0 Å². The van der Waals surface area contributed by atoms with E-state index in [1.807, 2.05) is 0 Å². The van der Waals surface area contributed by atoms with Crippen LogP contribution in [-0.4, -0.2) is 37.1 Å². The largest absolute Gasteiger partial charge is 0.314 e. The summed E-state index contributed by atoms with van der Waals surface area (Å²) in [7, 11) is 0. The highest BCUT2D eigenvalue weighted by Gasteiger charge is 2.19. The summed E-state index contributed by atoms with van der Waals surface area (Å²) in [5.74, 6) is 1.74. The van der Waals surface area contributed by atoms with Gasteiger partial charge in [0, 0.05) is 12.6 Å². The summed E-state index contributed by atoms with van der Waals surface area (Å²) in [4.78, 5) is 2.67. The van der Waals surface area contributed by atoms with E-state index in [-0.39, 0.29) is 0 Å². The fourth-order valence-corrected chi connectivity index (χ4v) is 3.63. The maximum Gasteiger partial charge on any atom is 0.00697 e. The lowest BCUT2D eigenvalue weighted by atomic mass is 9.87. The van der Waals surface area contributed by atoms with E-state index in [1.165, 1.54) is 71.1 Å². The van der Waals surface area contributed by atoms with Crippen molar-refractivity contribution in [2.45, 2.75) is 64.8 Å². The molecule has 2 nitrogen and oxygen atoms in total. The molecule has 2 aliphatic rings. The molecule has 18 heavy (non-hydrogen) atoms. The Bertz CT molecular complexity index is 223. The molecule has 1 N–H and O–H groups in total. The summed E-state index contributed by atoms with van der Waals surface area (Å²) in [5.41, 5.74) is 0. The molecule has 1 aliphatic carbocycles. The Morgan fingerprint density at radius 1 is 1.11 bits per heavy atom. The van der Waals surface area contributed by atoms with Crippen molar-refractivity contribution in [2.24, 2.45) is 11.8 Å². The number of likely N-dealkylation sites (tertiary alicyclic amines) is 1. The van der Waals surface area contributed by atoms with Crippen LogP contribution in [0, 0.1) is 11.8 Å². The Balaban J connectivity index is 1.60. The van der Waals surface area contributed by atoms with Crippen molar-refractivity contribution < 1.29 is 0 Å². The fraction of sp³-hybridized carbons (Fsp3) is 1.00. The quantitative estimate of drug-likeness (QED) is 0.808. The molecule has 3 unspecified atom stereocenters. The Labute approximate surface area is 114 Å². The molecule has 2 fully saturated rings. The van der Waals surface area contributed by atoms with Gasteiger partial charge in [-0.15, -0.1) is 0 Å². The van der Waals surface area contributed by atoms with Crippen LogP contribution in [0.1, 0.15) is 58.8 Å². The summed E-state index contributed by atoms with van der Waals surface area (Å²) in [6, 6.07) is 0.803. The molecule has 1 saturated carbocycles. The second kappa shape index (κ2) is 7.49. The smallest absolute Gasteiger partial charge is 0.00697 e. The molecular weight excluding hydrogens is 220 g/mol. The Hall–Kier alpha value is -0.0800. The topological polar surface area (TPSA) is 15.3 Å². The van der Waals surface area contributed by atoms with Crippen molar-refractivity contribution in [3.63, 3.8) is 0 Å². The predicted octanol–water partition coefficient (Wildman–Crippen LogP) is 3.28. The second-order valence-corrected chi connectivity index (χ2v) is 6.84. The zero-order valence-corrected chi connectivity index (χ0v) is 12.5. The van der Waals surface area contributed by atoms with E-state index >= 15 is 0 Å². The van der Waals surface area contributed by atoms with Crippen LogP contribution in [0.3, 0.4) is 0 Å². The first-order valence-electron chi connectivity index (χ1n) is 8.20. The Morgan fingerprint density at radius 2 is 1.89 bits per heavy atom. The van der Waals surface area contributed by atoms with Crippen LogP contribution in [0.25, 0.3) is 0 Å². The minimum Gasteiger partial charge on any atom is -0.314 e. The van der Waals surface area contributed by atoms with Gasteiger partial charge in [-0.3, -0.25) is 0 Å². The summed E-state index contributed by atoms with van der Waals surface area (Å²) < 4.78 is 0. The third kappa shape index (κ3) is 4.89. The number of nitrogens with zero attached hydrogens (tertiary/aromatic N) is 1. The van der Waals surface area contributed by atoms with Crippen LogP contribution < -0.4 is 5.32 Å². The van der Waals surface area contributed by atoms with Gasteiger partial charge in [-0.1, -0.05) is 33.1 Å². The molecule has 2 rings (SSSR count). The zero-order chi connectivity index (χ0) is 12.8. The molecule has 1 saturated heterocycles. The Morgan fingerprint density at radius 3 is 2.61 bits per heavy atom. The van der Waals surface area contributed by atoms with Crippen molar-refractivity contribution in [1.82, 2.24) is 10.2 Å². The third-order valence-corrected chi connectivity index (χ3v) is 4.71. The van der Waals surface area contributed by atoms with E-state index in [1.54, 1.807) is 0 Å². The monoisotopic (exact) mass is 252 g/mol. The van der Waals surface area contributed by atoms with Crippen molar-refractivity contribution in [1.29, 1.82) is 0 Å². The third-order valence-electron chi connectivity index (χ3n) is 4.71. The first kappa shape index (κ1) is 14.3. The van der Waals surface area contributed by atoms with Crippen molar-refractivity contribution in [2.75, 3.05) is 26.2 Å². The van der Waals surface area contributed by atoms with E-state index in [4.69, 9.17) is 0 Å². The van der Waals surface area contributed by atoms with Crippen LogP contribution >= 0.6 is 0 Å². The van der Waals surface area contributed by atoms with Crippen LogP contribution in [0.15, 0.2) is 0 Å². The maximum absolute atomic E-state index is 3.81. The summed E-state index contributed by atoms with van der Waals surface area (Å²) in [6.07, 6.45) is 9.96. The summed E-state index contributed by atoms with van der Waals surface area (Å²) >= 11 is 0. The fourth-order valence-electron chi connectivity index (χ4n) is 3.63. The average molecular weight is 252 g/mol. The van der Waals surface area contributed by atoms with Crippen LogP contribution in [0.2, 0.25) is 0 Å². The molecule has 0 aromatic carbocycles. The van der Waals surface area contributed by atoms with E-state index in [9.17, 15) is 0 Å². The van der Waals surface area contributed by atoms with Crippen molar-refractivity contribution in [3.05, 3.63) is 0 Å². The minimum atomic E-state index is 0.803. The number of rotatable bonds is 5. The van der Waals surface area contributed by atoms with Gasteiger partial charge in [0.1, 0.15) is 0 Å². The van der Waals surface area contributed by atoms with Crippen molar-refractivity contribution in [3.8, 4) is 0 Å². The molecule has 0 amide bonds. The number of hydrogen-bond donors (Lipinski definition) is 1. The lowest BCUT2D eigenvalue weighted by Crippen LogP contribution is -2.40. The predicted molar refractivity (Wildman–Crippen MR) is 78.9 cm³/mol. The summed E-state index contributed by atoms with van der Waals surface area (Å²) in [5, 5.41) is 3.81. The molecule has 1 heterocycles. The lowest BCUT2D eigenvalue weighted by Gasteiger charge is -2.31. The van der Waals surface area contributed by atoms with Gasteiger partial charge >= 0.3 is 0 Å². The number of hydrogen-bond acceptors (Lipinski definition) is 2. The van der Waals surface area contributed by atoms with Crippen LogP contribution in [-0.2, 0) is 0 Å². The number of nitrogens with one attached hydrogen (secondary N) is 1. The zero-order valence-electron chi connectivity index (χ0n) is 12.5. The van der Waals surface area contributed by atoms with Gasteiger partial charge < -0.3 is 10.2 Å². The Kier molecular flexibility index (Phi) is 5.97. The molecule has 1 aliphatic heterocycles. The van der Waals surface area contributed by atoms with Crippen LogP contribution in [0.4, 0.5) is 0 Å². The second-order valence-electron chi connectivity index (χ2n) is 6.84. The molecule has 0 radical (unpaired) electrons. The molecular formula is C16H32N2. The highest BCUT2D eigenvalue weighted by molar-refractivity contribution is 4.77. The van der Waals surface area contributed by atoms with Crippen molar-refractivity contribution >= 4 is 0 Å². The van der Waals surface area contributed by atoms with Gasteiger partial charge in [0.25, 0.3) is 0 Å². The average Bonchev–Trinajstić information content (AvgIpc) is 2.38. The molecule has 3 atom stereocenters. The highest BCUT2D eigenvalue weighted by Crippen LogP contribution is 2.23. The van der Waals surface area contributed by atoms with E-state index in [0.29, 0.717) is 0 Å².